The lowest BCUT2D eigenvalue weighted by Gasteiger charge is -2.11. The van der Waals surface area contributed by atoms with Crippen LogP contribution >= 0.6 is 22.7 Å². The minimum absolute atomic E-state index is 0.0127. The molecule has 0 radical (unpaired) electrons. The predicted octanol–water partition coefficient (Wildman–Crippen LogP) is 12.9. The van der Waals surface area contributed by atoms with Gasteiger partial charge in [0.05, 0.1) is 5.48 Å². The second kappa shape index (κ2) is 11.8. The molecule has 3 nitrogen and oxygen atoms in total. The molecule has 0 bridgehead atoms. The van der Waals surface area contributed by atoms with Crippen LogP contribution in [0.5, 0.6) is 0 Å². The Morgan fingerprint density at radius 1 is 0.420 bits per heavy atom. The third-order valence-electron chi connectivity index (χ3n) is 9.03. The second-order valence-electron chi connectivity index (χ2n) is 12.0. The smallest absolute Gasteiger partial charge is 0.164 e. The van der Waals surface area contributed by atoms with Crippen LogP contribution in [-0.4, -0.2) is 15.0 Å². The summed E-state index contributed by atoms with van der Waals surface area (Å²) in [4.78, 5) is 15.1. The van der Waals surface area contributed by atoms with Crippen molar-refractivity contribution in [3.8, 4) is 56.4 Å². The summed E-state index contributed by atoms with van der Waals surface area (Å²) >= 11 is 3.20. The van der Waals surface area contributed by atoms with Gasteiger partial charge in [0, 0.05) is 68.2 Å². The Balaban J connectivity index is 1.26. The van der Waals surface area contributed by atoms with Crippen LogP contribution in [0.3, 0.4) is 0 Å². The maximum atomic E-state index is 9.49. The topological polar surface area (TPSA) is 38.7 Å². The fraction of sp³-hybridized carbons (Fsp3) is 0. The van der Waals surface area contributed by atoms with Gasteiger partial charge in [-0.05, 0) is 35.4 Å². The Kier molecular flexibility index (Phi) is 5.93. The van der Waals surface area contributed by atoms with Gasteiger partial charge < -0.3 is 0 Å². The van der Waals surface area contributed by atoms with E-state index in [1.165, 1.54) is 11.3 Å². The highest BCUT2D eigenvalue weighted by Crippen LogP contribution is 2.48. The van der Waals surface area contributed by atoms with Crippen molar-refractivity contribution in [3.05, 3.63) is 164 Å². The molecule has 0 aliphatic carbocycles. The molecule has 10 rings (SSSR count). The number of hydrogen-bond acceptors (Lipinski definition) is 5. The Bertz CT molecular complexity index is 3030. The van der Waals surface area contributed by atoms with Gasteiger partial charge in [-0.3, -0.25) is 0 Å². The molecule has 0 saturated carbocycles. The van der Waals surface area contributed by atoms with Gasteiger partial charge in [0.2, 0.25) is 0 Å². The zero-order valence-electron chi connectivity index (χ0n) is 30.4. The van der Waals surface area contributed by atoms with Crippen molar-refractivity contribution in [3.63, 3.8) is 0 Å². The van der Waals surface area contributed by atoms with E-state index in [4.69, 9.17) is 19.1 Å². The summed E-state index contributed by atoms with van der Waals surface area (Å²) in [7, 11) is 0. The monoisotopic (exact) mass is 677 g/mol. The van der Waals surface area contributed by atoms with E-state index < -0.39 is 0 Å². The molecule has 50 heavy (non-hydrogen) atoms. The van der Waals surface area contributed by atoms with Crippen LogP contribution in [0.1, 0.15) is 5.48 Å². The maximum Gasteiger partial charge on any atom is 0.164 e. The van der Waals surface area contributed by atoms with E-state index in [2.05, 4.69) is 42.5 Å². The Morgan fingerprint density at radius 2 is 1.02 bits per heavy atom. The van der Waals surface area contributed by atoms with Gasteiger partial charge in [-0.2, -0.15) is 0 Å². The largest absolute Gasteiger partial charge is 0.208 e. The van der Waals surface area contributed by atoms with Gasteiger partial charge in [-0.1, -0.05) is 139 Å². The number of aromatic nitrogens is 3. The van der Waals surface area contributed by atoms with Crippen LogP contribution in [0.25, 0.3) is 96.8 Å². The maximum absolute atomic E-state index is 9.49. The molecule has 0 aliphatic heterocycles. The first-order valence-electron chi connectivity index (χ1n) is 18.3. The van der Waals surface area contributed by atoms with Crippen molar-refractivity contribution in [1.82, 2.24) is 15.0 Å². The van der Waals surface area contributed by atoms with Crippen LogP contribution in [0, 0.1) is 0 Å². The number of rotatable bonds is 5. The van der Waals surface area contributed by atoms with Crippen LogP contribution < -0.4 is 0 Å². The number of fused-ring (bicyclic) bond motifs is 6. The van der Waals surface area contributed by atoms with Crippen molar-refractivity contribution in [1.29, 1.82) is 0 Å². The summed E-state index contributed by atoms with van der Waals surface area (Å²) < 4.78 is 39.1. The lowest BCUT2D eigenvalue weighted by molar-refractivity contribution is 1.08. The van der Waals surface area contributed by atoms with Crippen LogP contribution in [0.15, 0.2) is 164 Å². The third kappa shape index (κ3) is 4.82. The van der Waals surface area contributed by atoms with Gasteiger partial charge in [-0.25, -0.2) is 15.0 Å². The van der Waals surface area contributed by atoms with Crippen LogP contribution in [-0.2, 0) is 0 Å². The van der Waals surface area contributed by atoms with Crippen molar-refractivity contribution >= 4 is 63.0 Å². The van der Waals surface area contributed by atoms with Gasteiger partial charge in [-0.15, -0.1) is 22.7 Å². The molecule has 0 amide bonds. The Morgan fingerprint density at radius 3 is 1.74 bits per heavy atom. The van der Waals surface area contributed by atoms with E-state index in [0.717, 1.165) is 68.5 Å². The zero-order chi connectivity index (χ0) is 36.5. The molecule has 0 atom stereocenters. The first-order chi connectivity index (χ1) is 26.4. The van der Waals surface area contributed by atoms with E-state index in [-0.39, 0.29) is 18.1 Å². The summed E-state index contributed by atoms with van der Waals surface area (Å²) in [6.45, 7) is 0. The van der Waals surface area contributed by atoms with E-state index in [1.54, 1.807) is 17.4 Å². The first-order valence-corrected chi connectivity index (χ1v) is 17.9. The molecular formula is C45H27N3S2. The third-order valence-corrected chi connectivity index (χ3v) is 11.4. The quantitative estimate of drug-likeness (QED) is 0.182. The zero-order valence-corrected chi connectivity index (χ0v) is 28.1. The van der Waals surface area contributed by atoms with Crippen LogP contribution in [0.4, 0.5) is 0 Å². The van der Waals surface area contributed by atoms with Crippen molar-refractivity contribution in [2.24, 2.45) is 0 Å². The van der Waals surface area contributed by atoms with Gasteiger partial charge >= 0.3 is 0 Å². The van der Waals surface area contributed by atoms with E-state index in [1.807, 2.05) is 91.0 Å². The SMILES string of the molecule is [2H]c1cc2sc3c(-c4cccc5c4sc4cccc(-c6nc(-c7ccccc7)nc(-c7ccccc7)n6)c45)cc(-c4ccccc4)c([2H])c3c2c([2H])c1[2H]. The molecule has 0 N–H and O–H groups in total. The Labute approximate surface area is 302 Å². The molecule has 10 aromatic rings. The lowest BCUT2D eigenvalue weighted by atomic mass is 9.95. The number of nitrogens with zero attached hydrogens (tertiary/aromatic N) is 3. The highest BCUT2D eigenvalue weighted by Gasteiger charge is 2.20. The van der Waals surface area contributed by atoms with Crippen molar-refractivity contribution in [2.45, 2.75) is 0 Å². The summed E-state index contributed by atoms with van der Waals surface area (Å²) in [5, 5.41) is 3.34. The van der Waals surface area contributed by atoms with Gasteiger partial charge in [0.25, 0.3) is 0 Å². The molecule has 3 heterocycles. The molecule has 0 aliphatic rings. The minimum atomic E-state index is -0.128. The Hall–Kier alpha value is -6.01. The van der Waals surface area contributed by atoms with Gasteiger partial charge in [0.1, 0.15) is 0 Å². The lowest BCUT2D eigenvalue weighted by Crippen LogP contribution is -2.00. The summed E-state index contributed by atoms with van der Waals surface area (Å²) in [6.07, 6.45) is 0. The molecule has 5 heteroatoms. The number of benzene rings is 7. The highest BCUT2D eigenvalue weighted by atomic mass is 32.1. The molecule has 0 fully saturated rings. The summed E-state index contributed by atoms with van der Waals surface area (Å²) in [5.41, 5.74) is 6.36. The molecular weight excluding hydrogens is 647 g/mol. The average Bonchev–Trinajstić information content (AvgIpc) is 3.80. The van der Waals surface area contributed by atoms with Crippen molar-refractivity contribution < 1.29 is 5.48 Å². The summed E-state index contributed by atoms with van der Waals surface area (Å²) in [6, 6.07) is 46.5. The molecule has 0 saturated heterocycles. The van der Waals surface area contributed by atoms with E-state index >= 15 is 0 Å². The predicted molar refractivity (Wildman–Crippen MR) is 213 cm³/mol. The molecule has 7 aromatic carbocycles. The fourth-order valence-corrected chi connectivity index (χ4v) is 9.10. The molecule has 0 spiro atoms. The minimum Gasteiger partial charge on any atom is -0.208 e. The molecule has 0 unspecified atom stereocenters. The van der Waals surface area contributed by atoms with E-state index in [0.29, 0.717) is 34.3 Å². The normalized spacial score (nSPS) is 12.7. The van der Waals surface area contributed by atoms with E-state index in [9.17, 15) is 1.37 Å². The number of thiophene rings is 2. The summed E-state index contributed by atoms with van der Waals surface area (Å²) in [5.74, 6) is 1.80. The highest BCUT2D eigenvalue weighted by molar-refractivity contribution is 7.27. The molecule has 234 valence electrons. The van der Waals surface area contributed by atoms with Gasteiger partial charge in [0.15, 0.2) is 17.5 Å². The van der Waals surface area contributed by atoms with Crippen LogP contribution in [0.2, 0.25) is 0 Å². The molecule has 3 aromatic heterocycles. The number of hydrogen-bond donors (Lipinski definition) is 0. The van der Waals surface area contributed by atoms with Crippen molar-refractivity contribution in [2.75, 3.05) is 0 Å². The standard InChI is InChI=1S/C45H27N3S2/c1-4-14-28(15-5-1)31-26-36-32-20-10-11-24-38(32)49-42(36)37(27-31)33-21-12-22-34-40-35(23-13-25-39(40)50-41(33)34)45-47-43(29-16-6-2-7-17-29)46-44(48-45)30-18-8-3-9-19-30/h1-27H/i10D,11D,20D,26D. The fourth-order valence-electron chi connectivity index (χ4n) is 6.71. The first kappa shape index (κ1) is 25.0. The average molecular weight is 678 g/mol. The second-order valence-corrected chi connectivity index (χ2v) is 14.2.